The molecule has 1 aliphatic rings. The second kappa shape index (κ2) is 4.38. The first-order valence-electron chi connectivity index (χ1n) is 5.87. The van der Waals surface area contributed by atoms with Crippen molar-refractivity contribution in [1.82, 2.24) is 0 Å². The number of ketones is 2. The lowest BCUT2D eigenvalue weighted by molar-refractivity contribution is 0.0974. The molecule has 2 aromatic carbocycles. The molecule has 0 atom stereocenters. The number of aromatic hydroxyl groups is 2. The maximum absolute atomic E-state index is 12.5. The molecule has 20 heavy (non-hydrogen) atoms. The summed E-state index contributed by atoms with van der Waals surface area (Å²) in [5.41, 5.74) is 0.261. The highest BCUT2D eigenvalue weighted by molar-refractivity contribution is 7.98. The smallest absolute Gasteiger partial charge is 0.198 e. The van der Waals surface area contributed by atoms with Crippen molar-refractivity contribution in [1.29, 1.82) is 0 Å². The summed E-state index contributed by atoms with van der Waals surface area (Å²) < 4.78 is 0. The van der Waals surface area contributed by atoms with Crippen molar-refractivity contribution in [3.63, 3.8) is 0 Å². The molecule has 0 saturated carbocycles. The minimum Gasteiger partial charge on any atom is -0.507 e. The van der Waals surface area contributed by atoms with Crippen molar-refractivity contribution in [2.45, 2.75) is 4.90 Å². The minimum atomic E-state index is -0.448. The summed E-state index contributed by atoms with van der Waals surface area (Å²) in [5.74, 6) is -1.48. The van der Waals surface area contributed by atoms with E-state index >= 15 is 0 Å². The molecule has 0 spiro atoms. The molecule has 5 heteroatoms. The quantitative estimate of drug-likeness (QED) is 0.531. The van der Waals surface area contributed by atoms with Crippen LogP contribution in [0.2, 0.25) is 0 Å². The zero-order chi connectivity index (χ0) is 14.4. The fourth-order valence-electron chi connectivity index (χ4n) is 2.35. The van der Waals surface area contributed by atoms with Gasteiger partial charge < -0.3 is 10.2 Å². The summed E-state index contributed by atoms with van der Waals surface area (Å²) in [7, 11) is 0. The lowest BCUT2D eigenvalue weighted by Crippen LogP contribution is -2.21. The van der Waals surface area contributed by atoms with Crippen molar-refractivity contribution < 1.29 is 19.8 Å². The molecule has 0 unspecified atom stereocenters. The third-order valence-corrected chi connectivity index (χ3v) is 4.06. The van der Waals surface area contributed by atoms with Gasteiger partial charge in [0.2, 0.25) is 0 Å². The van der Waals surface area contributed by atoms with Gasteiger partial charge in [0, 0.05) is 16.0 Å². The molecular formula is C15H10O4S. The summed E-state index contributed by atoms with van der Waals surface area (Å²) in [4.78, 5) is 25.7. The summed E-state index contributed by atoms with van der Waals surface area (Å²) in [6.07, 6.45) is 1.87. The Morgan fingerprint density at radius 2 is 1.40 bits per heavy atom. The number of fused-ring (bicyclic) bond motifs is 2. The van der Waals surface area contributed by atoms with Gasteiger partial charge in [-0.25, -0.2) is 0 Å². The third kappa shape index (κ3) is 1.63. The Kier molecular flexibility index (Phi) is 2.79. The van der Waals surface area contributed by atoms with E-state index in [1.54, 1.807) is 18.2 Å². The van der Waals surface area contributed by atoms with Crippen LogP contribution >= 0.6 is 11.8 Å². The molecule has 0 amide bonds. The van der Waals surface area contributed by atoms with Crippen LogP contribution in [0, 0.1) is 0 Å². The minimum absolute atomic E-state index is 0.124. The van der Waals surface area contributed by atoms with E-state index in [1.807, 2.05) is 6.26 Å². The predicted octanol–water partition coefficient (Wildman–Crippen LogP) is 2.60. The first kappa shape index (κ1) is 12.7. The average Bonchev–Trinajstić information content (AvgIpc) is 2.46. The molecule has 2 N–H and O–H groups in total. The van der Waals surface area contributed by atoms with Gasteiger partial charge in [-0.3, -0.25) is 9.59 Å². The average molecular weight is 286 g/mol. The van der Waals surface area contributed by atoms with Gasteiger partial charge in [-0.2, -0.15) is 0 Å². The van der Waals surface area contributed by atoms with Crippen molar-refractivity contribution in [3.05, 3.63) is 52.6 Å². The second-order valence-electron chi connectivity index (χ2n) is 4.42. The van der Waals surface area contributed by atoms with Crippen molar-refractivity contribution in [2.24, 2.45) is 0 Å². The third-order valence-electron chi connectivity index (χ3n) is 3.33. The van der Waals surface area contributed by atoms with Gasteiger partial charge in [-0.1, -0.05) is 0 Å². The molecule has 2 aromatic rings. The molecule has 100 valence electrons. The van der Waals surface area contributed by atoms with Crippen molar-refractivity contribution in [2.75, 3.05) is 6.26 Å². The van der Waals surface area contributed by atoms with Gasteiger partial charge in [0.05, 0.1) is 11.1 Å². The van der Waals surface area contributed by atoms with Crippen LogP contribution < -0.4 is 0 Å². The monoisotopic (exact) mass is 286 g/mol. The van der Waals surface area contributed by atoms with Crippen molar-refractivity contribution >= 4 is 23.3 Å². The zero-order valence-electron chi connectivity index (χ0n) is 10.5. The Labute approximate surface area is 119 Å². The number of carbonyl (C=O) groups excluding carboxylic acids is 2. The fraction of sp³-hybridized carbons (Fsp3) is 0.0667. The topological polar surface area (TPSA) is 74.6 Å². The van der Waals surface area contributed by atoms with Crippen LogP contribution in [0.4, 0.5) is 0 Å². The normalized spacial score (nSPS) is 13.1. The molecule has 0 saturated heterocycles. The Balaban J connectivity index is 2.33. The van der Waals surface area contributed by atoms with E-state index in [0.717, 1.165) is 4.90 Å². The Morgan fingerprint density at radius 3 is 1.95 bits per heavy atom. The van der Waals surface area contributed by atoms with Crippen molar-refractivity contribution in [3.8, 4) is 11.5 Å². The number of carbonyl (C=O) groups is 2. The summed E-state index contributed by atoms with van der Waals surface area (Å²) in [6.45, 7) is 0. The first-order chi connectivity index (χ1) is 9.54. The molecule has 3 rings (SSSR count). The number of phenolic OH excluding ortho intramolecular Hbond substituents is 2. The Morgan fingerprint density at radius 1 is 0.850 bits per heavy atom. The fourth-order valence-corrected chi connectivity index (χ4v) is 2.79. The van der Waals surface area contributed by atoms with Crippen LogP contribution in [0.3, 0.4) is 0 Å². The molecule has 0 aromatic heterocycles. The number of hydrogen-bond donors (Lipinski definition) is 2. The van der Waals surface area contributed by atoms with Crippen LogP contribution in [0.25, 0.3) is 0 Å². The van der Waals surface area contributed by atoms with Gasteiger partial charge in [0.15, 0.2) is 11.6 Å². The molecule has 0 heterocycles. The standard InChI is InChI=1S/C15H10O4S/c1-20-7-2-3-8-9(6-7)15(19)13-11(17)5-4-10(16)12(13)14(8)18/h2-6,16-17H,1H3. The second-order valence-corrected chi connectivity index (χ2v) is 5.30. The van der Waals surface area contributed by atoms with Crippen LogP contribution in [0.1, 0.15) is 31.8 Å². The lowest BCUT2D eigenvalue weighted by Gasteiger charge is -2.19. The van der Waals surface area contributed by atoms with E-state index in [1.165, 1.54) is 23.9 Å². The molecule has 0 bridgehead atoms. The summed E-state index contributed by atoms with van der Waals surface area (Å²) in [6, 6.07) is 7.38. The largest absolute Gasteiger partial charge is 0.507 e. The molecule has 4 nitrogen and oxygen atoms in total. The number of hydrogen-bond acceptors (Lipinski definition) is 5. The van der Waals surface area contributed by atoms with Gasteiger partial charge in [0.25, 0.3) is 0 Å². The Hall–Kier alpha value is -2.27. The van der Waals surface area contributed by atoms with E-state index < -0.39 is 11.6 Å². The van der Waals surface area contributed by atoms with E-state index in [9.17, 15) is 19.8 Å². The highest BCUT2D eigenvalue weighted by Crippen LogP contribution is 2.38. The maximum atomic E-state index is 12.5. The number of thioether (sulfide) groups is 1. The van der Waals surface area contributed by atoms with E-state index in [4.69, 9.17) is 0 Å². The highest BCUT2D eigenvalue weighted by Gasteiger charge is 2.34. The van der Waals surface area contributed by atoms with Crippen LogP contribution in [-0.2, 0) is 0 Å². The van der Waals surface area contributed by atoms with Gasteiger partial charge in [-0.15, -0.1) is 11.8 Å². The molecule has 0 aliphatic heterocycles. The van der Waals surface area contributed by atoms with Gasteiger partial charge in [0.1, 0.15) is 11.5 Å². The maximum Gasteiger partial charge on any atom is 0.198 e. The number of rotatable bonds is 1. The van der Waals surface area contributed by atoms with Gasteiger partial charge in [-0.05, 0) is 36.6 Å². The van der Waals surface area contributed by atoms with Crippen LogP contribution in [0.5, 0.6) is 11.5 Å². The lowest BCUT2D eigenvalue weighted by atomic mass is 9.83. The highest BCUT2D eigenvalue weighted by atomic mass is 32.2. The van der Waals surface area contributed by atoms with Crippen LogP contribution in [0.15, 0.2) is 35.2 Å². The molecular weight excluding hydrogens is 276 g/mol. The number of phenols is 2. The summed E-state index contributed by atoms with van der Waals surface area (Å²) >= 11 is 1.46. The predicted molar refractivity (Wildman–Crippen MR) is 74.9 cm³/mol. The SMILES string of the molecule is CSc1ccc2c(c1)C(=O)c1c(O)ccc(O)c1C2=O. The molecule has 0 radical (unpaired) electrons. The first-order valence-corrected chi connectivity index (χ1v) is 7.09. The van der Waals surface area contributed by atoms with E-state index in [0.29, 0.717) is 0 Å². The van der Waals surface area contributed by atoms with E-state index in [-0.39, 0.29) is 33.8 Å². The van der Waals surface area contributed by atoms with Gasteiger partial charge >= 0.3 is 0 Å². The summed E-state index contributed by atoms with van der Waals surface area (Å²) in [5, 5.41) is 19.6. The zero-order valence-corrected chi connectivity index (χ0v) is 11.3. The number of benzene rings is 2. The molecule has 1 aliphatic carbocycles. The molecule has 0 fully saturated rings. The van der Waals surface area contributed by atoms with Crippen LogP contribution in [-0.4, -0.2) is 28.0 Å². The Bertz CT molecular complexity index is 765. The van der Waals surface area contributed by atoms with E-state index in [2.05, 4.69) is 0 Å².